The van der Waals surface area contributed by atoms with Gasteiger partial charge in [0.15, 0.2) is 0 Å². The molecule has 5 rings (SSSR count). The Hall–Kier alpha value is -4.51. The normalized spacial score (nSPS) is 10.8. The summed E-state index contributed by atoms with van der Waals surface area (Å²) in [6, 6.07) is 9.73. The summed E-state index contributed by atoms with van der Waals surface area (Å²) in [5.74, 6) is 7.93. The third-order valence-electron chi connectivity index (χ3n) is 5.49. The minimum Gasteiger partial charge on any atom is -0.494 e. The molecule has 0 fully saturated rings. The molecule has 33 heavy (non-hydrogen) atoms. The predicted molar refractivity (Wildman–Crippen MR) is 125 cm³/mol. The van der Waals surface area contributed by atoms with Gasteiger partial charge in [0.05, 0.1) is 49.6 Å². The van der Waals surface area contributed by atoms with Crippen LogP contribution in [0.5, 0.6) is 11.5 Å². The highest BCUT2D eigenvalue weighted by atomic mass is 16.5. The number of ether oxygens (including phenoxy) is 2. The Morgan fingerprint density at radius 3 is 2.33 bits per heavy atom. The third-order valence-corrected chi connectivity index (χ3v) is 5.49. The molecule has 0 amide bonds. The molecule has 1 aromatic carbocycles. The van der Waals surface area contributed by atoms with Crippen molar-refractivity contribution < 1.29 is 9.47 Å². The number of aryl methyl sites for hydroxylation is 1. The van der Waals surface area contributed by atoms with Gasteiger partial charge in [-0.05, 0) is 25.1 Å². The number of para-hydroxylation sites is 2. The average molecular weight is 438 g/mol. The fourth-order valence-electron chi connectivity index (χ4n) is 3.77. The molecule has 0 spiro atoms. The predicted octanol–water partition coefficient (Wildman–Crippen LogP) is 3.65. The highest BCUT2D eigenvalue weighted by Gasteiger charge is 2.14. The van der Waals surface area contributed by atoms with E-state index in [1.807, 2.05) is 67.6 Å². The van der Waals surface area contributed by atoms with Gasteiger partial charge in [0.1, 0.15) is 22.7 Å². The van der Waals surface area contributed by atoms with Crippen LogP contribution in [0.25, 0.3) is 22.3 Å². The van der Waals surface area contributed by atoms with E-state index in [1.165, 1.54) is 0 Å². The maximum atomic E-state index is 5.67. The molecule has 0 saturated carbocycles. The molecule has 164 valence electrons. The Morgan fingerprint density at radius 1 is 0.818 bits per heavy atom. The van der Waals surface area contributed by atoms with Crippen LogP contribution in [0.2, 0.25) is 0 Å². The molecule has 4 heterocycles. The van der Waals surface area contributed by atoms with Crippen LogP contribution < -0.4 is 9.47 Å². The number of benzene rings is 1. The van der Waals surface area contributed by atoms with Crippen molar-refractivity contribution in [3.05, 3.63) is 78.1 Å². The molecule has 0 saturated heterocycles. The van der Waals surface area contributed by atoms with Gasteiger partial charge in [-0.25, -0.2) is 9.20 Å². The Kier molecular flexibility index (Phi) is 5.07. The van der Waals surface area contributed by atoms with E-state index in [1.54, 1.807) is 35.8 Å². The van der Waals surface area contributed by atoms with Crippen molar-refractivity contribution in [2.45, 2.75) is 6.92 Å². The van der Waals surface area contributed by atoms with E-state index in [9.17, 15) is 0 Å². The molecule has 5 aromatic rings. The number of fused-ring (bicyclic) bond motifs is 1. The Bertz CT molecular complexity index is 1530. The fourth-order valence-corrected chi connectivity index (χ4v) is 3.77. The van der Waals surface area contributed by atoms with E-state index in [2.05, 4.69) is 27.1 Å². The number of nitrogens with zero attached hydrogens (tertiary/aromatic N) is 6. The number of methoxy groups -OCH3 is 2. The Labute approximate surface area is 191 Å². The van der Waals surface area contributed by atoms with Gasteiger partial charge in [-0.3, -0.25) is 4.68 Å². The summed E-state index contributed by atoms with van der Waals surface area (Å²) in [6.07, 6.45) is 9.22. The maximum Gasteiger partial charge on any atom is 0.146 e. The maximum absolute atomic E-state index is 5.67. The Balaban J connectivity index is 1.54. The number of aromatic nitrogens is 6. The van der Waals surface area contributed by atoms with Gasteiger partial charge in [0.25, 0.3) is 0 Å². The van der Waals surface area contributed by atoms with Crippen molar-refractivity contribution >= 4 is 5.52 Å². The van der Waals surface area contributed by atoms with Crippen LogP contribution in [0.4, 0.5) is 0 Å². The quantitative estimate of drug-likeness (QED) is 0.401. The molecule has 0 bridgehead atoms. The minimum absolute atomic E-state index is 0.694. The highest BCUT2D eigenvalue weighted by Crippen LogP contribution is 2.29. The molecule has 0 aliphatic rings. The average Bonchev–Trinajstić information content (AvgIpc) is 3.55. The largest absolute Gasteiger partial charge is 0.494 e. The lowest BCUT2D eigenvalue weighted by molar-refractivity contribution is 0.411. The molecule has 4 aromatic heterocycles. The zero-order valence-electron chi connectivity index (χ0n) is 18.8. The van der Waals surface area contributed by atoms with Gasteiger partial charge >= 0.3 is 0 Å². The zero-order valence-corrected chi connectivity index (χ0v) is 18.8. The van der Waals surface area contributed by atoms with Crippen LogP contribution in [0.15, 0.2) is 61.3 Å². The second kappa shape index (κ2) is 8.20. The first-order valence-corrected chi connectivity index (χ1v) is 10.3. The molecule has 0 aliphatic heterocycles. The van der Waals surface area contributed by atoms with E-state index >= 15 is 0 Å². The number of pyridine rings is 1. The van der Waals surface area contributed by atoms with Gasteiger partial charge in [0.2, 0.25) is 0 Å². The fraction of sp³-hybridized carbons (Fsp3) is 0.160. The topological polar surface area (TPSA) is 71.4 Å². The smallest absolute Gasteiger partial charge is 0.146 e. The van der Waals surface area contributed by atoms with Crippen molar-refractivity contribution in [3.63, 3.8) is 0 Å². The number of hydrogen-bond donors (Lipinski definition) is 0. The van der Waals surface area contributed by atoms with Gasteiger partial charge in [-0.2, -0.15) is 15.3 Å². The minimum atomic E-state index is 0.694. The molecule has 0 radical (unpaired) electrons. The van der Waals surface area contributed by atoms with Gasteiger partial charge < -0.3 is 9.47 Å². The lowest BCUT2D eigenvalue weighted by Gasteiger charge is -2.09. The van der Waals surface area contributed by atoms with Crippen molar-refractivity contribution in [3.8, 4) is 40.2 Å². The number of rotatable bonds is 4. The van der Waals surface area contributed by atoms with E-state index in [4.69, 9.17) is 9.47 Å². The van der Waals surface area contributed by atoms with Crippen LogP contribution in [-0.4, -0.2) is 43.4 Å². The molecular weight excluding hydrogens is 416 g/mol. The molecule has 0 aliphatic carbocycles. The lowest BCUT2D eigenvalue weighted by Crippen LogP contribution is -2.01. The van der Waals surface area contributed by atoms with Gasteiger partial charge in [-0.1, -0.05) is 24.0 Å². The van der Waals surface area contributed by atoms with Crippen molar-refractivity contribution in [1.29, 1.82) is 0 Å². The van der Waals surface area contributed by atoms with E-state index in [-0.39, 0.29) is 0 Å². The van der Waals surface area contributed by atoms with Crippen molar-refractivity contribution in [1.82, 2.24) is 29.2 Å². The first kappa shape index (κ1) is 20.4. The highest BCUT2D eigenvalue weighted by molar-refractivity contribution is 5.75. The summed E-state index contributed by atoms with van der Waals surface area (Å²) >= 11 is 0. The van der Waals surface area contributed by atoms with E-state index in [0.29, 0.717) is 5.75 Å². The van der Waals surface area contributed by atoms with E-state index in [0.717, 1.165) is 44.9 Å². The standard InChI is InChI=1S/C25H22N6O2/c1-17-18(12-28-31(17)22-7-5-6-8-23(22)32-3)9-10-19-13-27-30-16-20(11-24(33-4)25(19)30)21-14-26-29(2)15-21/h5-8,11-16H,1-4H3. The molecule has 8 nitrogen and oxygen atoms in total. The monoisotopic (exact) mass is 438 g/mol. The van der Waals surface area contributed by atoms with Crippen LogP contribution in [0.3, 0.4) is 0 Å². The first-order valence-electron chi connectivity index (χ1n) is 10.3. The first-order chi connectivity index (χ1) is 16.1. The number of hydrogen-bond acceptors (Lipinski definition) is 5. The second-order valence-corrected chi connectivity index (χ2v) is 7.53. The summed E-state index contributed by atoms with van der Waals surface area (Å²) in [5, 5.41) is 13.3. The molecule has 8 heteroatoms. The summed E-state index contributed by atoms with van der Waals surface area (Å²) in [7, 11) is 5.18. The van der Waals surface area contributed by atoms with Gasteiger partial charge in [-0.15, -0.1) is 0 Å². The Morgan fingerprint density at radius 2 is 1.58 bits per heavy atom. The van der Waals surface area contributed by atoms with Crippen LogP contribution in [-0.2, 0) is 7.05 Å². The summed E-state index contributed by atoms with van der Waals surface area (Å²) in [5.41, 5.74) is 6.15. The molecule has 0 unspecified atom stereocenters. The van der Waals surface area contributed by atoms with Crippen molar-refractivity contribution in [2.24, 2.45) is 7.05 Å². The summed E-state index contributed by atoms with van der Waals surface area (Å²) < 4.78 is 16.5. The zero-order chi connectivity index (χ0) is 22.9. The summed E-state index contributed by atoms with van der Waals surface area (Å²) in [4.78, 5) is 0. The van der Waals surface area contributed by atoms with Crippen LogP contribution in [0, 0.1) is 18.8 Å². The summed E-state index contributed by atoms with van der Waals surface area (Å²) in [6.45, 7) is 1.99. The second-order valence-electron chi connectivity index (χ2n) is 7.53. The molecular formula is C25H22N6O2. The third kappa shape index (κ3) is 3.59. The van der Waals surface area contributed by atoms with Crippen LogP contribution in [0.1, 0.15) is 16.8 Å². The van der Waals surface area contributed by atoms with Crippen molar-refractivity contribution in [2.75, 3.05) is 14.2 Å². The van der Waals surface area contributed by atoms with Gasteiger partial charge in [0, 0.05) is 30.6 Å². The van der Waals surface area contributed by atoms with E-state index < -0.39 is 0 Å². The molecule has 0 atom stereocenters. The van der Waals surface area contributed by atoms with Crippen LogP contribution >= 0.6 is 0 Å². The molecule has 0 N–H and O–H groups in total. The SMILES string of the molecule is COc1ccccc1-n1ncc(C#Cc2cnn3cc(-c4cnn(C)c4)cc(OC)c23)c1C. The lowest BCUT2D eigenvalue weighted by atomic mass is 10.1.